The number of aromatic nitrogens is 2. The summed E-state index contributed by atoms with van der Waals surface area (Å²) < 4.78 is 0.978. The molecule has 0 saturated carbocycles. The molecule has 2 rings (SSSR count). The maximum Gasteiger partial charge on any atom is 0.252 e. The number of nitrogens with one attached hydrogen (secondary N) is 1. The summed E-state index contributed by atoms with van der Waals surface area (Å²) in [5, 5.41) is 6.56. The molecule has 0 radical (unpaired) electrons. The van der Waals surface area contributed by atoms with E-state index in [4.69, 9.17) is 5.73 Å². The van der Waals surface area contributed by atoms with Crippen LogP contribution in [0, 0.1) is 0 Å². The van der Waals surface area contributed by atoms with Crippen LogP contribution in [0.2, 0.25) is 0 Å². The normalized spacial score (nSPS) is 10.2. The number of amides is 1. The minimum absolute atomic E-state index is 0.400. The third-order valence-corrected chi connectivity index (χ3v) is 2.57. The summed E-state index contributed by atoms with van der Waals surface area (Å²) in [6, 6.07) is 7.54. The van der Waals surface area contributed by atoms with Gasteiger partial charge in [-0.2, -0.15) is 5.10 Å². The van der Waals surface area contributed by atoms with Crippen molar-refractivity contribution >= 4 is 21.8 Å². The van der Waals surface area contributed by atoms with E-state index in [-0.39, 0.29) is 0 Å². The van der Waals surface area contributed by atoms with Crippen molar-refractivity contribution in [2.45, 2.75) is 0 Å². The summed E-state index contributed by atoms with van der Waals surface area (Å²) in [5.41, 5.74) is 7.15. The highest BCUT2D eigenvalue weighted by Gasteiger charge is 2.11. The van der Waals surface area contributed by atoms with E-state index in [9.17, 15) is 4.79 Å². The number of hydrogen-bond donors (Lipinski definition) is 2. The van der Waals surface area contributed by atoms with Crippen LogP contribution in [0.25, 0.3) is 11.3 Å². The molecule has 1 aromatic heterocycles. The summed E-state index contributed by atoms with van der Waals surface area (Å²) in [6.45, 7) is 0. The second-order valence-corrected chi connectivity index (χ2v) is 3.95. The molecule has 0 aliphatic carbocycles. The monoisotopic (exact) mass is 265 g/mol. The Bertz CT molecular complexity index is 490. The van der Waals surface area contributed by atoms with Crippen molar-refractivity contribution in [3.63, 3.8) is 0 Å². The zero-order chi connectivity index (χ0) is 10.8. The van der Waals surface area contributed by atoms with Crippen LogP contribution in [0.1, 0.15) is 10.4 Å². The topological polar surface area (TPSA) is 71.8 Å². The quantitative estimate of drug-likeness (QED) is 0.871. The van der Waals surface area contributed by atoms with Crippen LogP contribution in [0.3, 0.4) is 0 Å². The Morgan fingerprint density at radius 2 is 2.00 bits per heavy atom. The molecule has 0 unspecified atom stereocenters. The summed E-state index contributed by atoms with van der Waals surface area (Å²) in [6.07, 6.45) is 1.43. The summed E-state index contributed by atoms with van der Waals surface area (Å²) in [4.78, 5) is 11.1. The number of H-pyrrole nitrogens is 1. The molecule has 0 bridgehead atoms. The molecular weight excluding hydrogens is 258 g/mol. The van der Waals surface area contributed by atoms with Gasteiger partial charge in [-0.3, -0.25) is 9.89 Å². The fraction of sp³-hybridized carbons (Fsp3) is 0. The highest BCUT2D eigenvalue weighted by Crippen LogP contribution is 2.22. The van der Waals surface area contributed by atoms with Crippen LogP contribution in [0.5, 0.6) is 0 Å². The van der Waals surface area contributed by atoms with Gasteiger partial charge in [-0.15, -0.1) is 0 Å². The van der Waals surface area contributed by atoms with Crippen molar-refractivity contribution in [3.05, 3.63) is 40.5 Å². The van der Waals surface area contributed by atoms with Gasteiger partial charge in [0.1, 0.15) is 0 Å². The Labute approximate surface area is 94.6 Å². The molecule has 0 aliphatic rings. The molecule has 2 aromatic rings. The SMILES string of the molecule is NC(=O)c1cn[nH]c1-c1ccc(Br)cc1. The first-order valence-electron chi connectivity index (χ1n) is 4.27. The molecule has 1 heterocycles. The van der Waals surface area contributed by atoms with E-state index in [2.05, 4.69) is 26.1 Å². The Morgan fingerprint density at radius 3 is 2.60 bits per heavy atom. The number of halogens is 1. The van der Waals surface area contributed by atoms with Gasteiger partial charge in [-0.1, -0.05) is 28.1 Å². The van der Waals surface area contributed by atoms with Gasteiger partial charge in [0.05, 0.1) is 17.5 Å². The van der Waals surface area contributed by atoms with Crippen molar-refractivity contribution in [2.75, 3.05) is 0 Å². The summed E-state index contributed by atoms with van der Waals surface area (Å²) in [5.74, 6) is -0.485. The number of nitrogens with two attached hydrogens (primary N) is 1. The molecule has 5 heteroatoms. The number of carbonyl (C=O) groups is 1. The van der Waals surface area contributed by atoms with Crippen molar-refractivity contribution in [2.24, 2.45) is 5.73 Å². The average molecular weight is 266 g/mol. The number of aromatic amines is 1. The molecule has 15 heavy (non-hydrogen) atoms. The van der Waals surface area contributed by atoms with Crippen molar-refractivity contribution in [1.29, 1.82) is 0 Å². The van der Waals surface area contributed by atoms with Gasteiger partial charge >= 0.3 is 0 Å². The van der Waals surface area contributed by atoms with Crippen LogP contribution < -0.4 is 5.73 Å². The van der Waals surface area contributed by atoms with Gasteiger partial charge in [0.25, 0.3) is 5.91 Å². The number of nitrogens with zero attached hydrogens (tertiary/aromatic N) is 1. The predicted molar refractivity (Wildman–Crippen MR) is 60.2 cm³/mol. The van der Waals surface area contributed by atoms with Gasteiger partial charge in [-0.25, -0.2) is 0 Å². The van der Waals surface area contributed by atoms with E-state index in [1.165, 1.54) is 6.20 Å². The lowest BCUT2D eigenvalue weighted by Gasteiger charge is -2.00. The molecule has 0 spiro atoms. The van der Waals surface area contributed by atoms with E-state index in [1.54, 1.807) is 0 Å². The van der Waals surface area contributed by atoms with Crippen LogP contribution in [-0.2, 0) is 0 Å². The first kappa shape index (κ1) is 9.92. The first-order valence-corrected chi connectivity index (χ1v) is 5.07. The van der Waals surface area contributed by atoms with Gasteiger partial charge in [0, 0.05) is 10.0 Å². The Kier molecular flexibility index (Phi) is 2.55. The van der Waals surface area contributed by atoms with E-state index in [1.807, 2.05) is 24.3 Å². The number of rotatable bonds is 2. The van der Waals surface area contributed by atoms with E-state index < -0.39 is 5.91 Å². The molecule has 0 atom stereocenters. The minimum Gasteiger partial charge on any atom is -0.365 e. The van der Waals surface area contributed by atoms with Gasteiger partial charge in [0.2, 0.25) is 0 Å². The summed E-state index contributed by atoms with van der Waals surface area (Å²) in [7, 11) is 0. The Morgan fingerprint density at radius 1 is 1.33 bits per heavy atom. The summed E-state index contributed by atoms with van der Waals surface area (Å²) >= 11 is 3.34. The van der Waals surface area contributed by atoms with Gasteiger partial charge in [0.15, 0.2) is 0 Å². The van der Waals surface area contributed by atoms with E-state index in [0.717, 1.165) is 10.0 Å². The molecule has 3 N–H and O–H groups in total. The second-order valence-electron chi connectivity index (χ2n) is 3.03. The predicted octanol–water partition coefficient (Wildman–Crippen LogP) is 1.94. The van der Waals surface area contributed by atoms with E-state index >= 15 is 0 Å². The van der Waals surface area contributed by atoms with Gasteiger partial charge < -0.3 is 5.73 Å². The van der Waals surface area contributed by atoms with Crippen LogP contribution in [-0.4, -0.2) is 16.1 Å². The van der Waals surface area contributed by atoms with Crippen LogP contribution >= 0.6 is 15.9 Å². The highest BCUT2D eigenvalue weighted by molar-refractivity contribution is 9.10. The Hall–Kier alpha value is -1.62. The highest BCUT2D eigenvalue weighted by atomic mass is 79.9. The molecule has 1 amide bonds. The van der Waals surface area contributed by atoms with Crippen molar-refractivity contribution in [3.8, 4) is 11.3 Å². The molecular formula is C10H8BrN3O. The molecule has 76 valence electrons. The average Bonchev–Trinajstić information content (AvgIpc) is 2.67. The third kappa shape index (κ3) is 1.92. The van der Waals surface area contributed by atoms with Gasteiger partial charge in [-0.05, 0) is 12.1 Å². The Balaban J connectivity index is 2.49. The number of hydrogen-bond acceptors (Lipinski definition) is 2. The van der Waals surface area contributed by atoms with E-state index in [0.29, 0.717) is 11.3 Å². The smallest absolute Gasteiger partial charge is 0.252 e. The van der Waals surface area contributed by atoms with Crippen molar-refractivity contribution < 1.29 is 4.79 Å². The zero-order valence-electron chi connectivity index (χ0n) is 7.70. The molecule has 0 aliphatic heterocycles. The standard InChI is InChI=1S/C10H8BrN3O/c11-7-3-1-6(2-4-7)9-8(10(12)15)5-13-14-9/h1-5H,(H2,12,15)(H,13,14). The molecule has 4 nitrogen and oxygen atoms in total. The van der Waals surface area contributed by atoms with Crippen LogP contribution in [0.15, 0.2) is 34.9 Å². The first-order chi connectivity index (χ1) is 7.18. The molecule has 1 aromatic carbocycles. The number of carbonyl (C=O) groups excluding carboxylic acids is 1. The number of primary amides is 1. The minimum atomic E-state index is -0.485. The molecule has 0 saturated heterocycles. The number of benzene rings is 1. The fourth-order valence-electron chi connectivity index (χ4n) is 1.31. The second kappa shape index (κ2) is 3.86. The van der Waals surface area contributed by atoms with Crippen LogP contribution in [0.4, 0.5) is 0 Å². The fourth-order valence-corrected chi connectivity index (χ4v) is 1.57. The lowest BCUT2D eigenvalue weighted by molar-refractivity contribution is 0.100. The maximum atomic E-state index is 11.1. The lowest BCUT2D eigenvalue weighted by atomic mass is 10.1. The lowest BCUT2D eigenvalue weighted by Crippen LogP contribution is -2.11. The largest absolute Gasteiger partial charge is 0.365 e. The van der Waals surface area contributed by atoms with Crippen molar-refractivity contribution in [1.82, 2.24) is 10.2 Å². The molecule has 0 fully saturated rings. The zero-order valence-corrected chi connectivity index (χ0v) is 9.28. The third-order valence-electron chi connectivity index (χ3n) is 2.04. The maximum absolute atomic E-state index is 11.1.